The lowest BCUT2D eigenvalue weighted by molar-refractivity contribution is -0.117. The van der Waals surface area contributed by atoms with E-state index in [4.69, 9.17) is 11.6 Å². The third-order valence-electron chi connectivity index (χ3n) is 2.86. The van der Waals surface area contributed by atoms with E-state index in [-0.39, 0.29) is 5.91 Å². The van der Waals surface area contributed by atoms with E-state index in [9.17, 15) is 4.79 Å². The number of nitrogens with zero attached hydrogens (tertiary/aromatic N) is 2. The van der Waals surface area contributed by atoms with Crippen molar-refractivity contribution >= 4 is 39.1 Å². The van der Waals surface area contributed by atoms with E-state index in [1.165, 1.54) is 11.3 Å². The second-order valence-electron chi connectivity index (χ2n) is 4.16. The molecule has 0 atom stereocenters. The van der Waals surface area contributed by atoms with Crippen LogP contribution in [0, 0.1) is 6.92 Å². The molecule has 0 bridgehead atoms. The average molecular weight is 295 g/mol. The molecule has 0 spiro atoms. The van der Waals surface area contributed by atoms with Crippen LogP contribution in [0.1, 0.15) is 18.9 Å². The zero-order valence-corrected chi connectivity index (χ0v) is 12.5. The van der Waals surface area contributed by atoms with Crippen LogP contribution in [0.4, 0.5) is 0 Å². The summed E-state index contributed by atoms with van der Waals surface area (Å²) in [4.78, 5) is 16.4. The first-order chi connectivity index (χ1) is 9.08. The first-order valence-electron chi connectivity index (χ1n) is 6.05. The summed E-state index contributed by atoms with van der Waals surface area (Å²) in [6, 6.07) is 3.84. The number of halogens is 1. The third kappa shape index (κ3) is 2.65. The summed E-state index contributed by atoms with van der Waals surface area (Å²) in [6.45, 7) is 8.15. The quantitative estimate of drug-likeness (QED) is 0.795. The number of rotatable bonds is 3. The molecule has 0 fully saturated rings. The van der Waals surface area contributed by atoms with E-state index >= 15 is 0 Å². The normalized spacial score (nSPS) is 12.1. The topological polar surface area (TPSA) is 34.4 Å². The van der Waals surface area contributed by atoms with Gasteiger partial charge in [-0.25, -0.2) is 0 Å². The summed E-state index contributed by atoms with van der Waals surface area (Å²) in [7, 11) is 0. The summed E-state index contributed by atoms with van der Waals surface area (Å²) in [5.74, 6) is -0.117. The molecule has 3 nitrogen and oxygen atoms in total. The van der Waals surface area contributed by atoms with Crippen LogP contribution < -0.4 is 4.80 Å². The molecule has 1 aromatic carbocycles. The summed E-state index contributed by atoms with van der Waals surface area (Å²) in [5.41, 5.74) is 2.03. The van der Waals surface area contributed by atoms with Gasteiger partial charge in [-0.15, -0.1) is 6.58 Å². The van der Waals surface area contributed by atoms with Crippen molar-refractivity contribution in [2.24, 2.45) is 4.99 Å². The van der Waals surface area contributed by atoms with Crippen LogP contribution in [0.15, 0.2) is 29.8 Å². The Hall–Kier alpha value is -1.39. The minimum absolute atomic E-state index is 0.117. The Kier molecular flexibility index (Phi) is 4.22. The maximum absolute atomic E-state index is 11.5. The van der Waals surface area contributed by atoms with Crippen molar-refractivity contribution in [1.29, 1.82) is 0 Å². The number of thiazole rings is 1. The minimum Gasteiger partial charge on any atom is -0.312 e. The maximum atomic E-state index is 11.5. The molecule has 1 heterocycles. The molecular formula is C14H15ClN2OS. The lowest BCUT2D eigenvalue weighted by Crippen LogP contribution is -2.16. The van der Waals surface area contributed by atoms with Crippen molar-refractivity contribution < 1.29 is 4.79 Å². The fourth-order valence-corrected chi connectivity index (χ4v) is 3.15. The van der Waals surface area contributed by atoms with Gasteiger partial charge in [0.15, 0.2) is 4.80 Å². The molecule has 5 heteroatoms. The molecule has 0 aliphatic rings. The Morgan fingerprint density at radius 3 is 2.95 bits per heavy atom. The van der Waals surface area contributed by atoms with Crippen LogP contribution in [0.3, 0.4) is 0 Å². The van der Waals surface area contributed by atoms with Gasteiger partial charge in [0.05, 0.1) is 10.2 Å². The Morgan fingerprint density at radius 2 is 2.32 bits per heavy atom. The molecule has 0 aliphatic carbocycles. The Bertz CT molecular complexity index is 712. The summed E-state index contributed by atoms with van der Waals surface area (Å²) in [6.07, 6.45) is 2.20. The van der Waals surface area contributed by atoms with E-state index in [1.807, 2.05) is 23.6 Å². The van der Waals surface area contributed by atoms with Gasteiger partial charge in [0.2, 0.25) is 5.91 Å². The smallest absolute Gasteiger partial charge is 0.248 e. The first-order valence-corrected chi connectivity index (χ1v) is 7.24. The molecule has 0 unspecified atom stereocenters. The van der Waals surface area contributed by atoms with E-state index in [0.29, 0.717) is 17.8 Å². The van der Waals surface area contributed by atoms with Gasteiger partial charge in [-0.2, -0.15) is 4.99 Å². The highest BCUT2D eigenvalue weighted by molar-refractivity contribution is 7.16. The van der Waals surface area contributed by atoms with E-state index in [2.05, 4.69) is 11.6 Å². The Balaban J connectivity index is 2.82. The fraction of sp³-hybridized carbons (Fsp3) is 0.286. The van der Waals surface area contributed by atoms with Gasteiger partial charge in [0.1, 0.15) is 0 Å². The number of benzene rings is 1. The van der Waals surface area contributed by atoms with Crippen molar-refractivity contribution in [3.8, 4) is 0 Å². The van der Waals surface area contributed by atoms with Crippen molar-refractivity contribution in [3.63, 3.8) is 0 Å². The molecule has 0 radical (unpaired) electrons. The third-order valence-corrected chi connectivity index (χ3v) is 4.32. The zero-order valence-electron chi connectivity index (χ0n) is 10.9. The predicted octanol–water partition coefficient (Wildman–Crippen LogP) is 3.69. The van der Waals surface area contributed by atoms with Gasteiger partial charge in [-0.1, -0.05) is 35.9 Å². The van der Waals surface area contributed by atoms with Crippen molar-refractivity contribution in [1.82, 2.24) is 4.57 Å². The molecule has 0 aliphatic heterocycles. The van der Waals surface area contributed by atoms with Crippen LogP contribution in [0.5, 0.6) is 0 Å². The number of hydrogen-bond donors (Lipinski definition) is 0. The fourth-order valence-electron chi connectivity index (χ4n) is 1.88. The minimum atomic E-state index is -0.117. The summed E-state index contributed by atoms with van der Waals surface area (Å²) < 4.78 is 3.06. The first kappa shape index (κ1) is 14.0. The number of amides is 1. The number of aromatic nitrogens is 1. The van der Waals surface area contributed by atoms with Crippen molar-refractivity contribution in [3.05, 3.63) is 40.2 Å². The lowest BCUT2D eigenvalue weighted by atomic mass is 10.2. The van der Waals surface area contributed by atoms with Crippen molar-refractivity contribution in [2.45, 2.75) is 26.8 Å². The highest BCUT2D eigenvalue weighted by Gasteiger charge is 2.10. The van der Waals surface area contributed by atoms with Gasteiger partial charge in [-0.3, -0.25) is 4.79 Å². The Labute approximate surface area is 120 Å². The van der Waals surface area contributed by atoms with Crippen LogP contribution in [0.2, 0.25) is 5.02 Å². The largest absolute Gasteiger partial charge is 0.312 e. The lowest BCUT2D eigenvalue weighted by Gasteiger charge is -2.05. The van der Waals surface area contributed by atoms with Crippen LogP contribution >= 0.6 is 22.9 Å². The monoisotopic (exact) mass is 294 g/mol. The van der Waals surface area contributed by atoms with Crippen LogP contribution in [0.25, 0.3) is 10.2 Å². The molecule has 1 amide bonds. The molecule has 2 aromatic rings. The van der Waals surface area contributed by atoms with Gasteiger partial charge in [0, 0.05) is 18.0 Å². The molecule has 1 aromatic heterocycles. The standard InChI is InChI=1S/C14H15ClN2OS/c1-4-8-17-13-9(3)10(15)6-7-11(13)19-14(17)16-12(18)5-2/h4,6-7H,1,5,8H2,2-3H3. The second kappa shape index (κ2) is 5.72. The molecule has 0 saturated carbocycles. The molecule has 2 rings (SSSR count). The SMILES string of the molecule is C=CCn1c(=NC(=O)CC)sc2ccc(Cl)c(C)c21. The predicted molar refractivity (Wildman–Crippen MR) is 80.6 cm³/mol. The van der Waals surface area contributed by atoms with Gasteiger partial charge < -0.3 is 4.57 Å². The number of carbonyl (C=O) groups is 1. The second-order valence-corrected chi connectivity index (χ2v) is 5.58. The molecule has 100 valence electrons. The molecular weight excluding hydrogens is 280 g/mol. The molecule has 19 heavy (non-hydrogen) atoms. The number of fused-ring (bicyclic) bond motifs is 1. The van der Waals surface area contributed by atoms with E-state index in [0.717, 1.165) is 20.8 Å². The average Bonchev–Trinajstić information content (AvgIpc) is 2.73. The maximum Gasteiger partial charge on any atom is 0.248 e. The number of aryl methyl sites for hydroxylation is 1. The molecule has 0 saturated heterocycles. The zero-order chi connectivity index (χ0) is 14.0. The Morgan fingerprint density at radius 1 is 1.58 bits per heavy atom. The molecule has 0 N–H and O–H groups in total. The van der Waals surface area contributed by atoms with Gasteiger partial charge in [0.25, 0.3) is 0 Å². The summed E-state index contributed by atoms with van der Waals surface area (Å²) in [5, 5.41) is 0.719. The van der Waals surface area contributed by atoms with Crippen molar-refractivity contribution in [2.75, 3.05) is 0 Å². The van der Waals surface area contributed by atoms with Gasteiger partial charge >= 0.3 is 0 Å². The van der Waals surface area contributed by atoms with E-state index in [1.54, 1.807) is 13.0 Å². The van der Waals surface area contributed by atoms with Crippen LogP contribution in [-0.2, 0) is 11.3 Å². The summed E-state index contributed by atoms with van der Waals surface area (Å²) >= 11 is 7.67. The highest BCUT2D eigenvalue weighted by Crippen LogP contribution is 2.27. The van der Waals surface area contributed by atoms with Crippen LogP contribution in [-0.4, -0.2) is 10.5 Å². The number of hydrogen-bond acceptors (Lipinski definition) is 2. The highest BCUT2D eigenvalue weighted by atomic mass is 35.5. The van der Waals surface area contributed by atoms with Gasteiger partial charge in [-0.05, 0) is 24.6 Å². The van der Waals surface area contributed by atoms with E-state index < -0.39 is 0 Å². The number of carbonyl (C=O) groups excluding carboxylic acids is 1. The number of allylic oxidation sites excluding steroid dienone is 1.